The van der Waals surface area contributed by atoms with E-state index in [4.69, 9.17) is 11.6 Å². The molecule has 1 fully saturated rings. The Kier molecular flexibility index (Phi) is 4.21. The van der Waals surface area contributed by atoms with Crippen LogP contribution in [0, 0.1) is 5.82 Å². The van der Waals surface area contributed by atoms with Crippen molar-refractivity contribution in [2.45, 2.75) is 30.3 Å². The van der Waals surface area contributed by atoms with Gasteiger partial charge in [0, 0.05) is 12.6 Å². The van der Waals surface area contributed by atoms with Crippen LogP contribution in [0.5, 0.6) is 0 Å². The number of hydrogen-bond acceptors (Lipinski definition) is 2. The average molecular weight is 340 g/mol. The molecule has 0 unspecified atom stereocenters. The van der Waals surface area contributed by atoms with Gasteiger partial charge in [-0.15, -0.1) is 0 Å². The molecule has 3 nitrogen and oxygen atoms in total. The molecule has 0 N–H and O–H groups in total. The molecule has 0 spiro atoms. The molecule has 2 aromatic rings. The molecular weight excluding hydrogens is 325 g/mol. The number of halogens is 2. The van der Waals surface area contributed by atoms with Gasteiger partial charge in [-0.1, -0.05) is 41.9 Å². The molecule has 1 aliphatic rings. The Morgan fingerprint density at radius 1 is 1.14 bits per heavy atom. The second-order valence-corrected chi connectivity index (χ2v) is 7.61. The Labute approximate surface area is 134 Å². The molecule has 0 heterocycles. The van der Waals surface area contributed by atoms with Gasteiger partial charge in [0.2, 0.25) is 10.0 Å². The van der Waals surface area contributed by atoms with Crippen molar-refractivity contribution < 1.29 is 12.8 Å². The maximum absolute atomic E-state index is 13.2. The maximum atomic E-state index is 13.2. The van der Waals surface area contributed by atoms with Gasteiger partial charge >= 0.3 is 0 Å². The monoisotopic (exact) mass is 339 g/mol. The summed E-state index contributed by atoms with van der Waals surface area (Å²) in [5.74, 6) is -0.551. The average Bonchev–Trinajstić information content (AvgIpc) is 3.29. The first-order valence-electron chi connectivity index (χ1n) is 6.99. The zero-order valence-corrected chi connectivity index (χ0v) is 13.3. The Balaban J connectivity index is 1.96. The summed E-state index contributed by atoms with van der Waals surface area (Å²) in [7, 11) is -3.75. The zero-order chi connectivity index (χ0) is 15.7. The summed E-state index contributed by atoms with van der Waals surface area (Å²) >= 11 is 5.94. The van der Waals surface area contributed by atoms with Gasteiger partial charge in [0.05, 0.1) is 5.02 Å². The molecule has 22 heavy (non-hydrogen) atoms. The Bertz CT molecular complexity index is 776. The lowest BCUT2D eigenvalue weighted by Crippen LogP contribution is -2.32. The molecule has 0 radical (unpaired) electrons. The van der Waals surface area contributed by atoms with E-state index in [1.54, 1.807) is 0 Å². The van der Waals surface area contributed by atoms with Gasteiger partial charge in [0.25, 0.3) is 0 Å². The zero-order valence-electron chi connectivity index (χ0n) is 11.7. The molecule has 0 bridgehead atoms. The third-order valence-electron chi connectivity index (χ3n) is 3.62. The molecule has 2 aromatic carbocycles. The van der Waals surface area contributed by atoms with Crippen molar-refractivity contribution in [3.8, 4) is 0 Å². The fourth-order valence-electron chi connectivity index (χ4n) is 2.35. The van der Waals surface area contributed by atoms with Crippen LogP contribution in [-0.2, 0) is 16.6 Å². The van der Waals surface area contributed by atoms with E-state index in [2.05, 4.69) is 0 Å². The van der Waals surface area contributed by atoms with Gasteiger partial charge in [-0.2, -0.15) is 4.31 Å². The topological polar surface area (TPSA) is 37.4 Å². The summed E-state index contributed by atoms with van der Waals surface area (Å²) in [6.07, 6.45) is 1.68. The fourth-order valence-corrected chi connectivity index (χ4v) is 4.53. The van der Waals surface area contributed by atoms with Gasteiger partial charge in [0.1, 0.15) is 10.7 Å². The maximum Gasteiger partial charge on any atom is 0.245 e. The van der Waals surface area contributed by atoms with Crippen molar-refractivity contribution in [2.24, 2.45) is 0 Å². The highest BCUT2D eigenvalue weighted by Crippen LogP contribution is 2.35. The van der Waals surface area contributed by atoms with Crippen molar-refractivity contribution >= 4 is 21.6 Å². The van der Waals surface area contributed by atoms with E-state index in [0.29, 0.717) is 6.54 Å². The van der Waals surface area contributed by atoms with Crippen molar-refractivity contribution in [3.05, 3.63) is 64.9 Å². The van der Waals surface area contributed by atoms with E-state index in [9.17, 15) is 12.8 Å². The predicted molar refractivity (Wildman–Crippen MR) is 83.6 cm³/mol. The molecule has 0 atom stereocenters. The third-order valence-corrected chi connectivity index (χ3v) is 6.00. The van der Waals surface area contributed by atoms with Crippen molar-refractivity contribution in [1.82, 2.24) is 4.31 Å². The van der Waals surface area contributed by atoms with Crippen LogP contribution >= 0.6 is 11.6 Å². The summed E-state index contributed by atoms with van der Waals surface area (Å²) in [6, 6.07) is 12.8. The summed E-state index contributed by atoms with van der Waals surface area (Å²) < 4.78 is 40.4. The molecule has 0 saturated heterocycles. The first-order valence-corrected chi connectivity index (χ1v) is 8.81. The van der Waals surface area contributed by atoms with Crippen LogP contribution in [-0.4, -0.2) is 18.8 Å². The van der Waals surface area contributed by atoms with Gasteiger partial charge in [-0.05, 0) is 36.6 Å². The number of hydrogen-bond donors (Lipinski definition) is 0. The molecule has 116 valence electrons. The smallest absolute Gasteiger partial charge is 0.207 e. The van der Waals surface area contributed by atoms with Crippen molar-refractivity contribution in [3.63, 3.8) is 0 Å². The van der Waals surface area contributed by atoms with E-state index in [1.165, 1.54) is 10.4 Å². The van der Waals surface area contributed by atoms with E-state index >= 15 is 0 Å². The van der Waals surface area contributed by atoms with Crippen LogP contribution in [0.2, 0.25) is 5.02 Å². The van der Waals surface area contributed by atoms with Crippen LogP contribution in [0.15, 0.2) is 53.4 Å². The molecule has 0 amide bonds. The molecule has 1 saturated carbocycles. The minimum Gasteiger partial charge on any atom is -0.207 e. The van der Waals surface area contributed by atoms with Crippen LogP contribution in [0.4, 0.5) is 4.39 Å². The predicted octanol–water partition coefficient (Wildman–Crippen LogP) is 3.83. The molecular formula is C16H15ClFNO2S. The van der Waals surface area contributed by atoms with Gasteiger partial charge < -0.3 is 0 Å². The molecule has 0 aliphatic heterocycles. The first-order chi connectivity index (χ1) is 10.5. The number of nitrogens with zero attached hydrogens (tertiary/aromatic N) is 1. The lowest BCUT2D eigenvalue weighted by molar-refractivity contribution is 0.398. The standard InChI is InChI=1S/C16H15ClFNO2S/c17-15-10-13(18)6-9-16(15)22(20,21)19(14-7-8-14)11-12-4-2-1-3-5-12/h1-6,9-10,14H,7-8,11H2. The highest BCUT2D eigenvalue weighted by molar-refractivity contribution is 7.89. The second kappa shape index (κ2) is 5.99. The SMILES string of the molecule is O=S(=O)(c1ccc(F)cc1Cl)N(Cc1ccccc1)C1CC1. The van der Waals surface area contributed by atoms with Crippen LogP contribution < -0.4 is 0 Å². The summed E-state index contributed by atoms with van der Waals surface area (Å²) in [6.45, 7) is 0.293. The fraction of sp³-hybridized carbons (Fsp3) is 0.250. The Hall–Kier alpha value is -1.43. The number of rotatable bonds is 5. The molecule has 1 aliphatic carbocycles. The number of benzene rings is 2. The Morgan fingerprint density at radius 2 is 1.82 bits per heavy atom. The quantitative estimate of drug-likeness (QED) is 0.830. The highest BCUT2D eigenvalue weighted by Gasteiger charge is 2.38. The second-order valence-electron chi connectivity index (χ2n) is 5.34. The van der Waals surface area contributed by atoms with Crippen LogP contribution in [0.3, 0.4) is 0 Å². The molecule has 3 rings (SSSR count). The van der Waals surface area contributed by atoms with E-state index in [0.717, 1.165) is 30.5 Å². The van der Waals surface area contributed by atoms with Crippen molar-refractivity contribution in [1.29, 1.82) is 0 Å². The highest BCUT2D eigenvalue weighted by atomic mass is 35.5. The normalized spacial score (nSPS) is 15.2. The molecule has 0 aromatic heterocycles. The van der Waals surface area contributed by atoms with Crippen molar-refractivity contribution in [2.75, 3.05) is 0 Å². The minimum atomic E-state index is -3.75. The van der Waals surface area contributed by atoms with Gasteiger partial charge in [-0.25, -0.2) is 12.8 Å². The van der Waals surface area contributed by atoms with Gasteiger partial charge in [0.15, 0.2) is 0 Å². The number of sulfonamides is 1. The van der Waals surface area contributed by atoms with Crippen LogP contribution in [0.25, 0.3) is 0 Å². The third kappa shape index (κ3) is 3.16. The summed E-state index contributed by atoms with van der Waals surface area (Å²) in [4.78, 5) is -0.0432. The van der Waals surface area contributed by atoms with Gasteiger partial charge in [-0.3, -0.25) is 0 Å². The minimum absolute atomic E-state index is 0.00803. The van der Waals surface area contributed by atoms with E-state index in [1.807, 2.05) is 30.3 Å². The summed E-state index contributed by atoms with van der Waals surface area (Å²) in [5.41, 5.74) is 0.913. The lowest BCUT2D eigenvalue weighted by atomic mass is 10.2. The van der Waals surface area contributed by atoms with Crippen LogP contribution in [0.1, 0.15) is 18.4 Å². The summed E-state index contributed by atoms with van der Waals surface area (Å²) in [5, 5.41) is -0.0845. The van der Waals surface area contributed by atoms with E-state index in [-0.39, 0.29) is 16.0 Å². The van der Waals surface area contributed by atoms with E-state index < -0.39 is 15.8 Å². The largest absolute Gasteiger partial charge is 0.245 e. The molecule has 6 heteroatoms. The lowest BCUT2D eigenvalue weighted by Gasteiger charge is -2.22. The first kappa shape index (κ1) is 15.5. The Morgan fingerprint density at radius 3 is 2.41 bits per heavy atom.